The van der Waals surface area contributed by atoms with E-state index >= 15 is 4.79 Å². The number of carbonyl (C=O) groups is 11. The molecule has 8 aliphatic rings. The average Bonchev–Trinajstić information content (AvgIpc) is 1.56. The summed E-state index contributed by atoms with van der Waals surface area (Å²) < 4.78 is 86.1. The summed E-state index contributed by atoms with van der Waals surface area (Å²) in [6.45, 7) is 3.64. The van der Waals surface area contributed by atoms with E-state index in [1.165, 1.54) is 72.6 Å². The number of nitro groups is 1. The van der Waals surface area contributed by atoms with Crippen molar-refractivity contribution >= 4 is 94.1 Å². The van der Waals surface area contributed by atoms with Crippen LogP contribution in [0.1, 0.15) is 126 Å². The molecule has 806 valence electrons. The first-order valence-corrected chi connectivity index (χ1v) is 48.8. The van der Waals surface area contributed by atoms with Crippen molar-refractivity contribution in [3.63, 3.8) is 0 Å². The number of hydrogen-bond acceptors (Lipinski definition) is 36. The molecule has 1 spiro atoms. The van der Waals surface area contributed by atoms with Gasteiger partial charge in [-0.1, -0.05) is 98.8 Å². The molecule has 16 atom stereocenters. The second kappa shape index (κ2) is 49.6. The third-order valence-electron chi connectivity index (χ3n) is 27.0. The molecule has 0 bridgehead atoms. The number of carboxylic acids is 2. The van der Waals surface area contributed by atoms with Crippen molar-refractivity contribution in [2.24, 2.45) is 11.3 Å². The zero-order chi connectivity index (χ0) is 107. The van der Waals surface area contributed by atoms with Crippen molar-refractivity contribution in [2.75, 3.05) is 127 Å². The Morgan fingerprint density at radius 2 is 1.09 bits per heavy atom. The summed E-state index contributed by atoms with van der Waals surface area (Å²) >= 11 is 0. The number of methoxy groups -OCH3 is 2. The van der Waals surface area contributed by atoms with Gasteiger partial charge in [0.25, 0.3) is 11.8 Å². The average molecular weight is 2090 g/mol. The Balaban J connectivity index is 0.595. The first-order chi connectivity index (χ1) is 72.0. The fourth-order valence-electron chi connectivity index (χ4n) is 19.0. The number of nitro benzene ring substituents is 1. The lowest BCUT2D eigenvalue weighted by atomic mass is 9.93. The third-order valence-corrected chi connectivity index (χ3v) is 27.0. The Kier molecular flexibility index (Phi) is 36.4. The fraction of sp³-hybridized carbons (Fsp3) is 0.480. The molecule has 0 radical (unpaired) electrons. The summed E-state index contributed by atoms with van der Waals surface area (Å²) in [6.07, 6.45) is -24.8. The van der Waals surface area contributed by atoms with Crippen LogP contribution in [0.2, 0.25) is 0 Å². The summed E-state index contributed by atoms with van der Waals surface area (Å²) in [5.74, 6) is -8.99. The monoisotopic (exact) mass is 2090 g/mol. The standard InChI is InChI=1S/C102H120N10O38/c1-53(2)80(104-54(3)113)90(122)107-68(51-144-97-85(119)81(115)83(117)87(149-97)95(127)128)89(121)105-59-23-22-58(67(41-59)106-79(114)25-31-138-33-35-140-37-38-141-36-34-139-32-28-103-99(131)145-50-66-62-19-11-9-17-60(62)61-18-10-12-20-63(61)66)49-147-101(133)111-70-45-78(76(137-5)43-65(70)92(124)109-52-102(26-27-102)46-73(109)94(111)126)143-30-14-6-13-29-142-77-44-69-64(42-75(77)136-4)91(123)108-47-57-16-8-7-15-56(57)40-72(108)93(125)110(69)100(132)146-48-55-21-24-74(71(39-55)112(134)135)148-98-86(120)82(116)84(118)88(150-98)96(129)130/h7-12,15-24,39,41-45,53,66,68,72-73,80-88,93-94,97-98,115-120,125-126H,6,13-14,25-38,40,46-52H2,1-5H3,(H,103,131)(H,104,113)(H,105,121)(H,106,114)(H,107,122)(H,127,128)(H,129,130)/t68-,72-,73-,80-,81-,82-,83-,84-,85+,86+,87-,88-,93-,94-,97+,98+/m0/s1. The van der Waals surface area contributed by atoms with E-state index in [1.54, 1.807) is 26.0 Å². The van der Waals surface area contributed by atoms with Gasteiger partial charge in [0, 0.05) is 67.6 Å². The van der Waals surface area contributed by atoms with Gasteiger partial charge in [0.1, 0.15) is 68.5 Å². The summed E-state index contributed by atoms with van der Waals surface area (Å²) in [7, 11) is 2.66. The Bertz CT molecular complexity index is 6050. The lowest BCUT2D eigenvalue weighted by Crippen LogP contribution is -2.61. The van der Waals surface area contributed by atoms with Gasteiger partial charge in [0.15, 0.2) is 59.7 Å². The molecule has 0 unspecified atom stereocenters. The molecule has 4 fully saturated rings. The van der Waals surface area contributed by atoms with E-state index in [0.29, 0.717) is 25.7 Å². The first-order valence-electron chi connectivity index (χ1n) is 48.8. The molecule has 7 aromatic rings. The zero-order valence-corrected chi connectivity index (χ0v) is 82.4. The Labute approximate surface area is 857 Å². The smallest absolute Gasteiger partial charge is 0.416 e. The topological polar surface area (TPSA) is 645 Å². The Hall–Kier alpha value is -14.1. The van der Waals surface area contributed by atoms with Crippen LogP contribution in [-0.4, -0.2) is 336 Å². The van der Waals surface area contributed by atoms with Gasteiger partial charge < -0.3 is 159 Å². The number of nitrogens with one attached hydrogen (secondary N) is 5. The van der Waals surface area contributed by atoms with Gasteiger partial charge in [0.05, 0.1) is 133 Å². The van der Waals surface area contributed by atoms with Crippen molar-refractivity contribution in [3.8, 4) is 39.9 Å². The molecular formula is C102H120N10O38. The fourth-order valence-corrected chi connectivity index (χ4v) is 19.0. The number of aliphatic hydroxyl groups is 8. The van der Waals surface area contributed by atoms with Gasteiger partial charge >= 0.3 is 35.9 Å². The number of carbonyl (C=O) groups excluding carboxylic acids is 9. The summed E-state index contributed by atoms with van der Waals surface area (Å²) in [4.78, 5) is 168. The molecule has 3 saturated heterocycles. The number of benzene rings is 7. The van der Waals surface area contributed by atoms with Crippen LogP contribution in [0.5, 0.6) is 28.7 Å². The molecule has 6 aliphatic heterocycles. The van der Waals surface area contributed by atoms with Crippen molar-refractivity contribution in [1.29, 1.82) is 0 Å². The number of carboxylic acid groups (broad SMARTS) is 2. The van der Waals surface area contributed by atoms with Gasteiger partial charge in [-0.25, -0.2) is 33.8 Å². The minimum atomic E-state index is -2.13. The number of aliphatic hydroxyl groups excluding tert-OH is 8. The maximum atomic E-state index is 15.3. The van der Waals surface area contributed by atoms with Crippen molar-refractivity contribution in [3.05, 3.63) is 188 Å². The molecule has 6 heterocycles. The number of fused-ring (bicyclic) bond motifs is 8. The highest BCUT2D eigenvalue weighted by Crippen LogP contribution is 2.57. The van der Waals surface area contributed by atoms with Crippen LogP contribution in [-0.2, 0) is 102 Å². The molecule has 15 rings (SSSR count). The maximum Gasteiger partial charge on any atom is 0.416 e. The van der Waals surface area contributed by atoms with Crippen LogP contribution < -0.4 is 60.1 Å². The number of aliphatic carboxylic acids is 2. The molecule has 15 N–H and O–H groups in total. The van der Waals surface area contributed by atoms with E-state index in [9.17, 15) is 109 Å². The molecule has 1 saturated carbocycles. The molecule has 2 aliphatic carbocycles. The molecular weight excluding hydrogens is 1970 g/mol. The lowest BCUT2D eigenvalue weighted by molar-refractivity contribution is -0.387. The minimum Gasteiger partial charge on any atom is -0.493 e. The van der Waals surface area contributed by atoms with Crippen molar-refractivity contribution in [2.45, 2.75) is 196 Å². The van der Waals surface area contributed by atoms with E-state index in [-0.39, 0.29) is 184 Å². The number of ether oxygens (including phenoxy) is 15. The predicted molar refractivity (Wildman–Crippen MR) is 520 cm³/mol. The SMILES string of the molecule is COc1cc2c(cc1OCCCCCOc1cc3c(cc1OC)C(=O)N1CC4(CC4)C[C@H]1[C@H](O)N3C(=O)OCc1ccc(NC(=O)[C@H](CO[C@@H]3O[C@H](C(=O)O)[C@@H](O)[C@H](O)[C@H]3O)NC(=O)[C@@H](NC(C)=O)C(C)C)cc1NC(=O)CCOCCOCCOCCOCCNC(=O)OCC1c3ccccc3-c3ccccc31)N(C(=O)OCc1ccc(O[C@@H]3O[C@H](C(=O)O)[C@@H](O)[C@H](O)[C@H]3O)c([N+](=O)[O-])c1)[C@@H](O)[C@@H]1Cc3ccccc3CN1C2=O. The van der Waals surface area contributed by atoms with E-state index in [4.69, 9.17) is 71.1 Å². The number of rotatable bonds is 46. The van der Waals surface area contributed by atoms with Gasteiger partial charge in [-0.2, -0.15) is 0 Å². The van der Waals surface area contributed by atoms with Crippen LogP contribution in [0.25, 0.3) is 11.1 Å². The van der Waals surface area contributed by atoms with E-state index in [0.717, 1.165) is 75.1 Å². The van der Waals surface area contributed by atoms with E-state index in [1.807, 2.05) is 48.5 Å². The lowest BCUT2D eigenvalue weighted by Gasteiger charge is -2.39. The third kappa shape index (κ3) is 25.6. The highest BCUT2D eigenvalue weighted by Gasteiger charge is 2.59. The highest BCUT2D eigenvalue weighted by atomic mass is 16.7. The Morgan fingerprint density at radius 1 is 0.540 bits per heavy atom. The van der Waals surface area contributed by atoms with E-state index < -0.39 is 206 Å². The summed E-state index contributed by atoms with van der Waals surface area (Å²) in [6, 6.07) is 30.8. The second-order valence-electron chi connectivity index (χ2n) is 37.5. The molecule has 0 aromatic heterocycles. The molecule has 9 amide bonds. The van der Waals surface area contributed by atoms with Gasteiger partial charge in [0.2, 0.25) is 29.9 Å². The predicted octanol–water partition coefficient (Wildman–Crippen LogP) is 4.45. The van der Waals surface area contributed by atoms with Crippen molar-refractivity contribution < 1.29 is 180 Å². The normalized spacial score (nSPS) is 22.5. The number of anilines is 4. The zero-order valence-electron chi connectivity index (χ0n) is 82.4. The van der Waals surface area contributed by atoms with Gasteiger partial charge in [-0.3, -0.25) is 38.9 Å². The van der Waals surface area contributed by atoms with Gasteiger partial charge in [-0.05, 0) is 126 Å². The second-order valence-corrected chi connectivity index (χ2v) is 37.5. The number of unbranched alkanes of at least 4 members (excludes halogenated alkanes) is 2. The maximum absolute atomic E-state index is 15.3. The molecule has 48 nitrogen and oxygen atoms in total. The molecule has 150 heavy (non-hydrogen) atoms. The van der Waals surface area contributed by atoms with Crippen molar-refractivity contribution in [1.82, 2.24) is 25.8 Å². The van der Waals surface area contributed by atoms with E-state index in [2.05, 4.69) is 38.7 Å². The number of nitrogens with zero attached hydrogens (tertiary/aromatic N) is 5. The minimum absolute atomic E-state index is 0.00948. The Morgan fingerprint density at radius 3 is 1.66 bits per heavy atom. The highest BCUT2D eigenvalue weighted by molar-refractivity contribution is 6.08. The number of hydrogen-bond donors (Lipinski definition) is 15. The van der Waals surface area contributed by atoms with Crippen LogP contribution in [0.15, 0.2) is 133 Å². The van der Waals surface area contributed by atoms with Crippen LogP contribution in [0.4, 0.5) is 42.8 Å². The number of amides is 9. The van der Waals surface area contributed by atoms with Gasteiger partial charge in [-0.15, -0.1) is 0 Å². The summed E-state index contributed by atoms with van der Waals surface area (Å²) in [5.41, 5.74) is 4.20. The quantitative estimate of drug-likeness (QED) is 0.0108. The number of alkyl carbamates (subject to hydrolysis) is 1. The largest absolute Gasteiger partial charge is 0.493 e. The summed E-state index contributed by atoms with van der Waals surface area (Å²) in [5, 5.41) is 133. The molecule has 7 aromatic carbocycles. The molecule has 48 heteroatoms. The van der Waals surface area contributed by atoms with Crippen LogP contribution >= 0.6 is 0 Å². The van der Waals surface area contributed by atoms with Crippen LogP contribution in [0, 0.1) is 21.4 Å². The van der Waals surface area contributed by atoms with Crippen LogP contribution in [0.3, 0.4) is 0 Å². The first kappa shape index (κ1) is 110.